The minimum Gasteiger partial charge on any atom is -0.450 e. The number of rotatable bonds is 5. The highest BCUT2D eigenvalue weighted by molar-refractivity contribution is 5.67. The summed E-state index contributed by atoms with van der Waals surface area (Å²) < 4.78 is 4.79. The number of alkyl carbamates (subject to hydrolysis) is 1. The maximum atomic E-state index is 10.7. The van der Waals surface area contributed by atoms with Crippen LogP contribution in [0.2, 0.25) is 0 Å². The van der Waals surface area contributed by atoms with Crippen LogP contribution in [0.5, 0.6) is 0 Å². The molecule has 11 heavy (non-hydrogen) atoms. The number of carbonyl (C=O) groups is 1. The number of nitrogens with one attached hydrogen (secondary N) is 1. The molecule has 0 saturated carbocycles. The maximum Gasteiger partial charge on any atom is 0.407 e. The Bertz CT molecular complexity index is 123. The van der Waals surface area contributed by atoms with Gasteiger partial charge in [-0.2, -0.15) is 0 Å². The molecule has 0 aliphatic carbocycles. The standard InChI is InChI=1S/C8H15NO2/c1-3-5-7-11-8(10)9-6-4-2/h4H,2-3,5-7H2,1H3,(H,9,10). The van der Waals surface area contributed by atoms with Gasteiger partial charge in [-0.05, 0) is 6.42 Å². The molecular formula is C8H15NO2. The molecule has 0 unspecified atom stereocenters. The van der Waals surface area contributed by atoms with Crippen LogP contribution < -0.4 is 5.32 Å². The predicted octanol–water partition coefficient (Wildman–Crippen LogP) is 1.70. The topological polar surface area (TPSA) is 38.3 Å². The van der Waals surface area contributed by atoms with E-state index in [1.54, 1.807) is 6.08 Å². The molecule has 1 N–H and O–H groups in total. The van der Waals surface area contributed by atoms with Crippen molar-refractivity contribution < 1.29 is 9.53 Å². The van der Waals surface area contributed by atoms with E-state index >= 15 is 0 Å². The largest absolute Gasteiger partial charge is 0.450 e. The number of hydrogen-bond donors (Lipinski definition) is 1. The molecule has 3 heteroatoms. The zero-order chi connectivity index (χ0) is 8.53. The van der Waals surface area contributed by atoms with Crippen LogP contribution in [0.3, 0.4) is 0 Å². The Hall–Kier alpha value is -0.990. The summed E-state index contributed by atoms with van der Waals surface area (Å²) in [6, 6.07) is 0. The first-order valence-corrected chi connectivity index (χ1v) is 3.82. The average molecular weight is 157 g/mol. The molecule has 0 aliphatic rings. The first kappa shape index (κ1) is 10.0. The second-order valence-electron chi connectivity index (χ2n) is 2.16. The fourth-order valence-electron chi connectivity index (χ4n) is 0.516. The van der Waals surface area contributed by atoms with Crippen LogP contribution in [0.4, 0.5) is 4.79 Å². The lowest BCUT2D eigenvalue weighted by molar-refractivity contribution is 0.145. The number of unbranched alkanes of at least 4 members (excludes halogenated alkanes) is 1. The Balaban J connectivity index is 3.15. The molecule has 3 nitrogen and oxygen atoms in total. The summed E-state index contributed by atoms with van der Waals surface area (Å²) in [7, 11) is 0. The molecule has 0 atom stereocenters. The lowest BCUT2D eigenvalue weighted by Crippen LogP contribution is -2.24. The monoisotopic (exact) mass is 157 g/mol. The van der Waals surface area contributed by atoms with E-state index in [4.69, 9.17) is 4.74 Å². The summed E-state index contributed by atoms with van der Waals surface area (Å²) in [5, 5.41) is 2.51. The van der Waals surface area contributed by atoms with E-state index in [0.29, 0.717) is 13.2 Å². The van der Waals surface area contributed by atoms with E-state index in [0.717, 1.165) is 12.8 Å². The van der Waals surface area contributed by atoms with Crippen LogP contribution in [-0.2, 0) is 4.74 Å². The second kappa shape index (κ2) is 7.12. The van der Waals surface area contributed by atoms with Gasteiger partial charge in [0.2, 0.25) is 0 Å². The zero-order valence-electron chi connectivity index (χ0n) is 6.93. The molecule has 0 bridgehead atoms. The molecule has 0 aliphatic heterocycles. The van der Waals surface area contributed by atoms with Crippen LogP contribution in [0.1, 0.15) is 19.8 Å². The highest BCUT2D eigenvalue weighted by Crippen LogP contribution is 1.87. The molecule has 0 fully saturated rings. The summed E-state index contributed by atoms with van der Waals surface area (Å²) in [6.07, 6.45) is 3.20. The minimum absolute atomic E-state index is 0.363. The molecular weight excluding hydrogens is 142 g/mol. The molecule has 64 valence electrons. The van der Waals surface area contributed by atoms with Crippen molar-refractivity contribution in [3.8, 4) is 0 Å². The highest BCUT2D eigenvalue weighted by Gasteiger charge is 1.96. The lowest BCUT2D eigenvalue weighted by Gasteiger charge is -2.03. The van der Waals surface area contributed by atoms with Gasteiger partial charge in [0.25, 0.3) is 0 Å². The smallest absolute Gasteiger partial charge is 0.407 e. The van der Waals surface area contributed by atoms with Crippen molar-refractivity contribution >= 4 is 6.09 Å². The van der Waals surface area contributed by atoms with Gasteiger partial charge in [0.1, 0.15) is 0 Å². The van der Waals surface area contributed by atoms with E-state index < -0.39 is 0 Å². The summed E-state index contributed by atoms with van der Waals surface area (Å²) in [5.41, 5.74) is 0. The molecule has 0 aromatic heterocycles. The molecule has 0 radical (unpaired) electrons. The van der Waals surface area contributed by atoms with Crippen molar-refractivity contribution in [2.75, 3.05) is 13.2 Å². The van der Waals surface area contributed by atoms with Crippen LogP contribution in [0.25, 0.3) is 0 Å². The zero-order valence-corrected chi connectivity index (χ0v) is 6.93. The van der Waals surface area contributed by atoms with Gasteiger partial charge in [0, 0.05) is 6.54 Å². The van der Waals surface area contributed by atoms with Crippen molar-refractivity contribution in [2.24, 2.45) is 0 Å². The van der Waals surface area contributed by atoms with E-state index in [2.05, 4.69) is 11.9 Å². The lowest BCUT2D eigenvalue weighted by atomic mass is 10.4. The Morgan fingerprint density at radius 3 is 3.00 bits per heavy atom. The van der Waals surface area contributed by atoms with E-state index in [9.17, 15) is 4.79 Å². The van der Waals surface area contributed by atoms with Crippen molar-refractivity contribution in [1.29, 1.82) is 0 Å². The number of ether oxygens (including phenoxy) is 1. The van der Waals surface area contributed by atoms with Gasteiger partial charge < -0.3 is 10.1 Å². The molecule has 1 amide bonds. The van der Waals surface area contributed by atoms with E-state index in [1.165, 1.54) is 0 Å². The van der Waals surface area contributed by atoms with Crippen molar-refractivity contribution in [3.63, 3.8) is 0 Å². The van der Waals surface area contributed by atoms with Crippen LogP contribution in [0, 0.1) is 0 Å². The molecule has 0 rings (SSSR count). The SMILES string of the molecule is C=CCNC(=O)OCCCC. The van der Waals surface area contributed by atoms with Crippen LogP contribution in [0.15, 0.2) is 12.7 Å². The molecule has 0 aromatic rings. The Labute approximate surface area is 67.4 Å². The van der Waals surface area contributed by atoms with Crippen molar-refractivity contribution in [1.82, 2.24) is 5.32 Å². The van der Waals surface area contributed by atoms with Gasteiger partial charge >= 0.3 is 6.09 Å². The van der Waals surface area contributed by atoms with E-state index in [1.807, 2.05) is 6.92 Å². The normalized spacial score (nSPS) is 8.82. The number of carbonyl (C=O) groups excluding carboxylic acids is 1. The fourth-order valence-corrected chi connectivity index (χ4v) is 0.516. The van der Waals surface area contributed by atoms with Gasteiger partial charge in [-0.3, -0.25) is 0 Å². The van der Waals surface area contributed by atoms with Gasteiger partial charge in [0.05, 0.1) is 6.61 Å². The Morgan fingerprint density at radius 1 is 1.73 bits per heavy atom. The van der Waals surface area contributed by atoms with Gasteiger partial charge in [-0.1, -0.05) is 19.4 Å². The van der Waals surface area contributed by atoms with Gasteiger partial charge in [-0.15, -0.1) is 6.58 Å². The van der Waals surface area contributed by atoms with E-state index in [-0.39, 0.29) is 6.09 Å². The second-order valence-corrected chi connectivity index (χ2v) is 2.16. The number of amides is 1. The van der Waals surface area contributed by atoms with Crippen molar-refractivity contribution in [3.05, 3.63) is 12.7 Å². The summed E-state index contributed by atoms with van der Waals surface area (Å²) in [5.74, 6) is 0. The van der Waals surface area contributed by atoms with Gasteiger partial charge in [-0.25, -0.2) is 4.79 Å². The highest BCUT2D eigenvalue weighted by atomic mass is 16.5. The quantitative estimate of drug-likeness (QED) is 0.487. The average Bonchev–Trinajstić information content (AvgIpc) is 2.01. The molecule has 0 saturated heterocycles. The first-order valence-electron chi connectivity index (χ1n) is 3.82. The van der Waals surface area contributed by atoms with Crippen molar-refractivity contribution in [2.45, 2.75) is 19.8 Å². The summed E-state index contributed by atoms with van der Waals surface area (Å²) >= 11 is 0. The summed E-state index contributed by atoms with van der Waals surface area (Å²) in [4.78, 5) is 10.7. The van der Waals surface area contributed by atoms with Gasteiger partial charge in [0.15, 0.2) is 0 Å². The molecule has 0 spiro atoms. The first-order chi connectivity index (χ1) is 5.31. The van der Waals surface area contributed by atoms with Crippen LogP contribution >= 0.6 is 0 Å². The minimum atomic E-state index is -0.363. The third kappa shape index (κ3) is 6.90. The number of hydrogen-bond acceptors (Lipinski definition) is 2. The fraction of sp³-hybridized carbons (Fsp3) is 0.625. The molecule has 0 heterocycles. The van der Waals surface area contributed by atoms with Crippen LogP contribution in [-0.4, -0.2) is 19.2 Å². The molecule has 0 aromatic carbocycles. The Morgan fingerprint density at radius 2 is 2.45 bits per heavy atom. The third-order valence-electron chi connectivity index (χ3n) is 1.12. The predicted molar refractivity (Wildman–Crippen MR) is 44.5 cm³/mol. The maximum absolute atomic E-state index is 10.7. The summed E-state index contributed by atoms with van der Waals surface area (Å²) in [6.45, 7) is 6.47. The Kier molecular flexibility index (Phi) is 6.48. The third-order valence-corrected chi connectivity index (χ3v) is 1.12.